The van der Waals surface area contributed by atoms with Gasteiger partial charge in [-0.05, 0) is 0 Å². The lowest BCUT2D eigenvalue weighted by Gasteiger charge is -2.03. The molecule has 1 aromatic rings. The van der Waals surface area contributed by atoms with Gasteiger partial charge in [0, 0.05) is 0 Å². The molecule has 13 heavy (non-hydrogen) atoms. The SMILES string of the molecule is NC(=O)c1sc(=O)[nH]c1C(F)(F)F. The van der Waals surface area contributed by atoms with Gasteiger partial charge >= 0.3 is 11.0 Å². The van der Waals surface area contributed by atoms with Crippen molar-refractivity contribution >= 4 is 17.2 Å². The van der Waals surface area contributed by atoms with E-state index in [1.165, 1.54) is 4.98 Å². The first-order chi connectivity index (χ1) is 5.82. The summed E-state index contributed by atoms with van der Waals surface area (Å²) in [5.74, 6) is -1.27. The van der Waals surface area contributed by atoms with Crippen molar-refractivity contribution in [3.8, 4) is 0 Å². The van der Waals surface area contributed by atoms with Crippen LogP contribution in [0.1, 0.15) is 15.4 Å². The van der Waals surface area contributed by atoms with Crippen molar-refractivity contribution in [2.45, 2.75) is 6.18 Å². The largest absolute Gasteiger partial charge is 0.432 e. The second kappa shape index (κ2) is 2.87. The van der Waals surface area contributed by atoms with Crippen molar-refractivity contribution in [1.29, 1.82) is 0 Å². The number of primary amides is 1. The summed E-state index contributed by atoms with van der Waals surface area (Å²) in [7, 11) is 0. The molecule has 1 heterocycles. The number of nitrogens with two attached hydrogens (primary N) is 1. The van der Waals surface area contributed by atoms with Gasteiger partial charge in [0.25, 0.3) is 5.91 Å². The summed E-state index contributed by atoms with van der Waals surface area (Å²) in [6.45, 7) is 0. The summed E-state index contributed by atoms with van der Waals surface area (Å²) >= 11 is 0.144. The Morgan fingerprint density at radius 3 is 2.31 bits per heavy atom. The predicted molar refractivity (Wildman–Crippen MR) is 38.5 cm³/mol. The number of alkyl halides is 3. The van der Waals surface area contributed by atoms with E-state index >= 15 is 0 Å². The number of nitrogens with one attached hydrogen (secondary N) is 1. The van der Waals surface area contributed by atoms with E-state index in [2.05, 4.69) is 5.73 Å². The van der Waals surface area contributed by atoms with Crippen LogP contribution in [0.5, 0.6) is 0 Å². The molecule has 0 unspecified atom stereocenters. The smallest absolute Gasteiger partial charge is 0.365 e. The Hall–Kier alpha value is -1.31. The number of amides is 1. The molecule has 0 saturated carbocycles. The molecule has 0 spiro atoms. The van der Waals surface area contributed by atoms with Crippen LogP contribution in [0.2, 0.25) is 0 Å². The van der Waals surface area contributed by atoms with Gasteiger partial charge in [0.05, 0.1) is 0 Å². The Labute approximate surface area is 73.2 Å². The van der Waals surface area contributed by atoms with E-state index in [0.717, 1.165) is 0 Å². The molecule has 0 aromatic carbocycles. The molecule has 0 bridgehead atoms. The lowest BCUT2D eigenvalue weighted by Crippen LogP contribution is -2.17. The Kier molecular flexibility index (Phi) is 2.16. The number of hydrogen-bond donors (Lipinski definition) is 2. The third-order valence-corrected chi connectivity index (χ3v) is 2.05. The molecular weight excluding hydrogens is 209 g/mol. The second-order valence-corrected chi connectivity index (χ2v) is 3.06. The molecule has 1 rings (SSSR count). The molecule has 3 N–H and O–H groups in total. The van der Waals surface area contributed by atoms with Gasteiger partial charge in [0.2, 0.25) is 0 Å². The van der Waals surface area contributed by atoms with Gasteiger partial charge in [-0.1, -0.05) is 11.3 Å². The van der Waals surface area contributed by atoms with Gasteiger partial charge in [0.1, 0.15) is 10.6 Å². The molecule has 0 fully saturated rings. The van der Waals surface area contributed by atoms with Crippen LogP contribution < -0.4 is 10.6 Å². The summed E-state index contributed by atoms with van der Waals surface area (Å²) in [5, 5.41) is 0. The first-order valence-corrected chi connectivity index (χ1v) is 3.74. The van der Waals surface area contributed by atoms with Gasteiger partial charge in [-0.3, -0.25) is 9.59 Å². The minimum atomic E-state index is -4.76. The van der Waals surface area contributed by atoms with E-state index in [4.69, 9.17) is 0 Å². The van der Waals surface area contributed by atoms with Gasteiger partial charge in [-0.15, -0.1) is 0 Å². The maximum absolute atomic E-state index is 12.1. The van der Waals surface area contributed by atoms with Crippen LogP contribution in [0, 0.1) is 0 Å². The van der Waals surface area contributed by atoms with Gasteiger partial charge in [0.15, 0.2) is 0 Å². The van der Waals surface area contributed by atoms with Crippen LogP contribution in [-0.4, -0.2) is 10.9 Å². The number of rotatable bonds is 1. The Balaban J connectivity index is 3.36. The molecule has 0 aliphatic carbocycles. The molecule has 72 valence electrons. The lowest BCUT2D eigenvalue weighted by atomic mass is 10.3. The van der Waals surface area contributed by atoms with E-state index in [1.54, 1.807) is 0 Å². The third kappa shape index (κ3) is 1.89. The standard InChI is InChI=1S/C5H3F3N2O2S/c6-5(7,8)2-1(3(9)11)13-4(12)10-2/h(H2,9,11)(H,10,12). The molecule has 0 atom stereocenters. The number of aromatic nitrogens is 1. The van der Waals surface area contributed by atoms with Crippen LogP contribution in [-0.2, 0) is 6.18 Å². The van der Waals surface area contributed by atoms with Crippen molar-refractivity contribution < 1.29 is 18.0 Å². The number of carbonyl (C=O) groups is 1. The van der Waals surface area contributed by atoms with Gasteiger partial charge in [-0.25, -0.2) is 0 Å². The van der Waals surface area contributed by atoms with E-state index in [0.29, 0.717) is 0 Å². The van der Waals surface area contributed by atoms with Crippen LogP contribution in [0.15, 0.2) is 4.79 Å². The molecule has 1 aromatic heterocycles. The summed E-state index contributed by atoms with van der Waals surface area (Å²) in [5.41, 5.74) is 3.26. The fourth-order valence-corrected chi connectivity index (χ4v) is 1.41. The molecular formula is C5H3F3N2O2S. The molecule has 0 radical (unpaired) electrons. The summed E-state index contributed by atoms with van der Waals surface area (Å²) < 4.78 is 36.2. The molecule has 0 aliphatic rings. The van der Waals surface area contributed by atoms with Crippen molar-refractivity contribution in [1.82, 2.24) is 4.98 Å². The number of H-pyrrole nitrogens is 1. The van der Waals surface area contributed by atoms with Gasteiger partial charge < -0.3 is 10.7 Å². The number of carbonyl (C=O) groups excluding carboxylic acids is 1. The van der Waals surface area contributed by atoms with Crippen molar-refractivity contribution in [3.63, 3.8) is 0 Å². The molecule has 8 heteroatoms. The lowest BCUT2D eigenvalue weighted by molar-refractivity contribution is -0.141. The highest BCUT2D eigenvalue weighted by atomic mass is 32.1. The number of halogens is 3. The molecule has 0 aliphatic heterocycles. The zero-order valence-electron chi connectivity index (χ0n) is 5.94. The van der Waals surface area contributed by atoms with Crippen molar-refractivity contribution in [3.05, 3.63) is 20.2 Å². The fraction of sp³-hybridized carbons (Fsp3) is 0.200. The van der Waals surface area contributed by atoms with Crippen molar-refractivity contribution in [2.75, 3.05) is 0 Å². The normalized spacial score (nSPS) is 11.6. The highest BCUT2D eigenvalue weighted by Crippen LogP contribution is 2.30. The van der Waals surface area contributed by atoms with E-state index in [-0.39, 0.29) is 11.3 Å². The van der Waals surface area contributed by atoms with E-state index < -0.39 is 27.5 Å². The maximum atomic E-state index is 12.1. The quantitative estimate of drug-likeness (QED) is 0.713. The Morgan fingerprint density at radius 2 is 2.00 bits per heavy atom. The minimum absolute atomic E-state index is 0.144. The molecule has 0 saturated heterocycles. The van der Waals surface area contributed by atoms with Crippen LogP contribution in [0.25, 0.3) is 0 Å². The maximum Gasteiger partial charge on any atom is 0.432 e. The van der Waals surface area contributed by atoms with Crippen LogP contribution >= 0.6 is 11.3 Å². The first-order valence-electron chi connectivity index (χ1n) is 2.92. The average Bonchev–Trinajstić information content (AvgIpc) is 2.29. The predicted octanol–water partition coefficient (Wildman–Crippen LogP) is 0.554. The number of aromatic amines is 1. The highest BCUT2D eigenvalue weighted by Gasteiger charge is 2.37. The molecule has 1 amide bonds. The summed E-state index contributed by atoms with van der Waals surface area (Å²) in [4.78, 5) is 20.7. The Morgan fingerprint density at radius 1 is 1.46 bits per heavy atom. The number of thiazole rings is 1. The number of hydrogen-bond acceptors (Lipinski definition) is 3. The average molecular weight is 212 g/mol. The minimum Gasteiger partial charge on any atom is -0.365 e. The monoisotopic (exact) mass is 212 g/mol. The first kappa shape index (κ1) is 9.78. The topological polar surface area (TPSA) is 76.0 Å². The highest BCUT2D eigenvalue weighted by molar-refractivity contribution is 7.11. The van der Waals surface area contributed by atoms with Gasteiger partial charge in [-0.2, -0.15) is 13.2 Å². The van der Waals surface area contributed by atoms with Crippen molar-refractivity contribution in [2.24, 2.45) is 5.73 Å². The van der Waals surface area contributed by atoms with E-state index in [1.807, 2.05) is 0 Å². The van der Waals surface area contributed by atoms with E-state index in [9.17, 15) is 22.8 Å². The third-order valence-electron chi connectivity index (χ3n) is 1.16. The van der Waals surface area contributed by atoms with Crippen LogP contribution in [0.4, 0.5) is 13.2 Å². The second-order valence-electron chi connectivity index (χ2n) is 2.08. The fourth-order valence-electron chi connectivity index (χ4n) is 0.701. The zero-order chi connectivity index (χ0) is 10.2. The summed E-state index contributed by atoms with van der Waals surface area (Å²) in [6.07, 6.45) is -4.76. The van der Waals surface area contributed by atoms with Crippen LogP contribution in [0.3, 0.4) is 0 Å². The Bertz CT molecular complexity index is 391. The zero-order valence-corrected chi connectivity index (χ0v) is 6.75. The summed E-state index contributed by atoms with van der Waals surface area (Å²) in [6, 6.07) is 0. The molecule has 4 nitrogen and oxygen atoms in total.